The minimum atomic E-state index is -1.12. The molecule has 0 aliphatic carbocycles. The van der Waals surface area contributed by atoms with E-state index in [0.29, 0.717) is 4.88 Å². The van der Waals surface area contributed by atoms with Crippen molar-refractivity contribution in [2.45, 2.75) is 85.3 Å². The van der Waals surface area contributed by atoms with Gasteiger partial charge in [0.15, 0.2) is 0 Å². The molecule has 3 atom stereocenters. The molecule has 2 aromatic rings. The van der Waals surface area contributed by atoms with Crippen molar-refractivity contribution in [1.29, 1.82) is 0 Å². The van der Waals surface area contributed by atoms with Crippen LogP contribution in [-0.2, 0) is 25.5 Å². The Morgan fingerprint density at radius 1 is 1.05 bits per heavy atom. The highest BCUT2D eigenvalue weighted by atomic mass is 32.1. The molecule has 0 fully saturated rings. The second-order valence-corrected chi connectivity index (χ2v) is 12.0. The zero-order chi connectivity index (χ0) is 29.3. The summed E-state index contributed by atoms with van der Waals surface area (Å²) in [7, 11) is 2.43. The molecule has 3 unspecified atom stereocenters. The average Bonchev–Trinajstić information content (AvgIpc) is 3.27. The molecule has 1 amide bonds. The Morgan fingerprint density at radius 2 is 1.74 bits per heavy atom. The van der Waals surface area contributed by atoms with Gasteiger partial charge >= 0.3 is 11.9 Å². The third-order valence-corrected chi connectivity index (χ3v) is 8.24. The maximum atomic E-state index is 13.0. The molecule has 0 aliphatic heterocycles. The normalized spacial score (nSPS) is 13.8. The van der Waals surface area contributed by atoms with E-state index in [1.54, 1.807) is 0 Å². The molecule has 1 aromatic heterocycles. The van der Waals surface area contributed by atoms with E-state index in [1.165, 1.54) is 31.1 Å². The largest absolute Gasteiger partial charge is 0.491 e. The first-order valence-corrected chi connectivity index (χ1v) is 14.1. The minimum Gasteiger partial charge on any atom is -0.491 e. The summed E-state index contributed by atoms with van der Waals surface area (Å²) >= 11 is 1.41. The highest BCUT2D eigenvalue weighted by Crippen LogP contribution is 2.34. The highest BCUT2D eigenvalue weighted by molar-refractivity contribution is 7.14. The van der Waals surface area contributed by atoms with Crippen LogP contribution < -0.4 is 10.1 Å². The predicted octanol–water partition coefficient (Wildman–Crippen LogP) is 5.11. The van der Waals surface area contributed by atoms with E-state index >= 15 is 0 Å². The molecule has 8 nitrogen and oxygen atoms in total. The second-order valence-electron chi connectivity index (χ2n) is 10.9. The van der Waals surface area contributed by atoms with Crippen LogP contribution in [0.1, 0.15) is 84.1 Å². The van der Waals surface area contributed by atoms with Gasteiger partial charge in [-0.3, -0.25) is 9.59 Å². The fraction of sp³-hybridized carbons (Fsp3) is 0.567. The Labute approximate surface area is 236 Å². The van der Waals surface area contributed by atoms with Gasteiger partial charge in [-0.1, -0.05) is 39.8 Å². The molecule has 216 valence electrons. The van der Waals surface area contributed by atoms with Crippen LogP contribution in [0.5, 0.6) is 5.75 Å². The van der Waals surface area contributed by atoms with Gasteiger partial charge < -0.3 is 24.6 Å². The summed E-state index contributed by atoms with van der Waals surface area (Å²) in [4.78, 5) is 38.4. The lowest BCUT2D eigenvalue weighted by molar-refractivity contribution is -0.149. The monoisotopic (exact) mass is 561 g/mol. The van der Waals surface area contributed by atoms with Gasteiger partial charge in [0.2, 0.25) is 0 Å². The summed E-state index contributed by atoms with van der Waals surface area (Å²) in [6.07, 6.45) is 1.84. The Hall–Kier alpha value is -2.91. The van der Waals surface area contributed by atoms with E-state index < -0.39 is 30.0 Å². The van der Waals surface area contributed by atoms with Crippen molar-refractivity contribution in [3.63, 3.8) is 0 Å². The number of rotatable bonds is 13. The van der Waals surface area contributed by atoms with Gasteiger partial charge in [0, 0.05) is 4.88 Å². The smallest absolute Gasteiger partial charge is 0.328 e. The molecule has 9 heteroatoms. The number of esters is 2. The van der Waals surface area contributed by atoms with E-state index in [0.717, 1.165) is 41.0 Å². The number of carbonyl (C=O) groups excluding carboxylic acids is 3. The van der Waals surface area contributed by atoms with Crippen molar-refractivity contribution >= 4 is 29.2 Å². The van der Waals surface area contributed by atoms with Crippen LogP contribution in [0.3, 0.4) is 0 Å². The zero-order valence-electron chi connectivity index (χ0n) is 24.4. The van der Waals surface area contributed by atoms with Crippen LogP contribution in [0, 0.1) is 19.3 Å². The SMILES string of the molecule is CCC(CCc1ccc(OCC(O)C(C)(C)C)c(C)c1)c1cc(C)c(C(=O)NC(CC(=O)OC)C(=O)OC)s1. The number of amides is 1. The molecule has 39 heavy (non-hydrogen) atoms. The molecule has 0 saturated heterocycles. The number of ether oxygens (including phenoxy) is 3. The van der Waals surface area contributed by atoms with E-state index in [9.17, 15) is 19.5 Å². The van der Waals surface area contributed by atoms with Crippen LogP contribution >= 0.6 is 11.3 Å². The standard InChI is InChI=1S/C30H43NO7S/c1-9-21(12-10-20-11-13-23(18(2)14-20)38-17-25(32)30(4,5)6)24-15-19(3)27(39-24)28(34)31-22(29(35)37-8)16-26(33)36-7/h11,13-15,21-22,25,32H,9-10,12,16-17H2,1-8H3,(H,31,34). The zero-order valence-corrected chi connectivity index (χ0v) is 25.2. The highest BCUT2D eigenvalue weighted by Gasteiger charge is 2.28. The molecular formula is C30H43NO7S. The number of hydrogen-bond acceptors (Lipinski definition) is 8. The summed E-state index contributed by atoms with van der Waals surface area (Å²) in [5.41, 5.74) is 2.81. The molecule has 0 saturated carbocycles. The van der Waals surface area contributed by atoms with Crippen LogP contribution in [0.25, 0.3) is 0 Å². The molecule has 0 bridgehead atoms. The lowest BCUT2D eigenvalue weighted by Gasteiger charge is -2.26. The molecule has 0 aliphatic rings. The third-order valence-electron chi connectivity index (χ3n) is 6.84. The van der Waals surface area contributed by atoms with Crippen molar-refractivity contribution in [2.24, 2.45) is 5.41 Å². The van der Waals surface area contributed by atoms with Gasteiger partial charge in [-0.05, 0) is 73.3 Å². The summed E-state index contributed by atoms with van der Waals surface area (Å²) in [6, 6.07) is 7.06. The average molecular weight is 562 g/mol. The lowest BCUT2D eigenvalue weighted by Crippen LogP contribution is -2.43. The number of aliphatic hydroxyl groups excluding tert-OH is 1. The maximum absolute atomic E-state index is 13.0. The Morgan fingerprint density at radius 3 is 2.31 bits per heavy atom. The topological polar surface area (TPSA) is 111 Å². The van der Waals surface area contributed by atoms with Crippen LogP contribution in [-0.4, -0.2) is 55.9 Å². The number of aryl methyl sites for hydroxylation is 3. The number of hydrogen-bond donors (Lipinski definition) is 2. The van der Waals surface area contributed by atoms with Crippen molar-refractivity contribution in [2.75, 3.05) is 20.8 Å². The molecule has 1 heterocycles. The van der Waals surface area contributed by atoms with Crippen molar-refractivity contribution < 1.29 is 33.7 Å². The van der Waals surface area contributed by atoms with Crippen molar-refractivity contribution in [3.8, 4) is 5.75 Å². The summed E-state index contributed by atoms with van der Waals surface area (Å²) in [5, 5.41) is 12.9. The molecule has 2 rings (SSSR count). The quantitative estimate of drug-likeness (QED) is 0.327. The van der Waals surface area contributed by atoms with Crippen LogP contribution in [0.2, 0.25) is 0 Å². The first kappa shape index (κ1) is 32.3. The number of aliphatic hydroxyl groups is 1. The predicted molar refractivity (Wildman–Crippen MR) is 152 cm³/mol. The lowest BCUT2D eigenvalue weighted by atomic mass is 9.90. The van der Waals surface area contributed by atoms with Crippen molar-refractivity contribution in [1.82, 2.24) is 5.32 Å². The number of carbonyl (C=O) groups is 3. The fourth-order valence-corrected chi connectivity index (χ4v) is 5.37. The van der Waals surface area contributed by atoms with Gasteiger partial charge in [0.05, 0.1) is 31.6 Å². The summed E-state index contributed by atoms with van der Waals surface area (Å²) in [5.74, 6) is -0.693. The van der Waals surface area contributed by atoms with E-state index in [4.69, 9.17) is 9.47 Å². The number of nitrogens with one attached hydrogen (secondary N) is 1. The molecule has 0 spiro atoms. The first-order valence-electron chi connectivity index (χ1n) is 13.3. The second kappa shape index (κ2) is 14.5. The molecule has 0 radical (unpaired) electrons. The third kappa shape index (κ3) is 9.35. The number of benzene rings is 1. The van der Waals surface area contributed by atoms with Gasteiger partial charge in [0.25, 0.3) is 5.91 Å². The Balaban J connectivity index is 2.06. The van der Waals surface area contributed by atoms with E-state index in [2.05, 4.69) is 29.1 Å². The van der Waals surface area contributed by atoms with Crippen LogP contribution in [0.4, 0.5) is 0 Å². The minimum absolute atomic E-state index is 0.240. The maximum Gasteiger partial charge on any atom is 0.328 e. The number of thiophene rings is 1. The molecule has 2 N–H and O–H groups in total. The Bertz CT molecular complexity index is 1130. The van der Waals surface area contributed by atoms with E-state index in [1.807, 2.05) is 46.8 Å². The number of methoxy groups -OCH3 is 2. The van der Waals surface area contributed by atoms with Gasteiger partial charge in [0.1, 0.15) is 18.4 Å². The molecular weight excluding hydrogens is 518 g/mol. The molecule has 1 aromatic carbocycles. The van der Waals surface area contributed by atoms with Gasteiger partial charge in [-0.15, -0.1) is 11.3 Å². The fourth-order valence-electron chi connectivity index (χ4n) is 4.08. The Kier molecular flexibility index (Phi) is 12.0. The van der Waals surface area contributed by atoms with E-state index in [-0.39, 0.29) is 24.4 Å². The summed E-state index contributed by atoms with van der Waals surface area (Å²) in [6.45, 7) is 12.2. The van der Waals surface area contributed by atoms with Gasteiger partial charge in [-0.25, -0.2) is 4.79 Å². The van der Waals surface area contributed by atoms with Crippen molar-refractivity contribution in [3.05, 3.63) is 50.7 Å². The van der Waals surface area contributed by atoms with Crippen LogP contribution in [0.15, 0.2) is 24.3 Å². The summed E-state index contributed by atoms with van der Waals surface area (Å²) < 4.78 is 15.2. The first-order chi connectivity index (χ1) is 18.3. The van der Waals surface area contributed by atoms with Gasteiger partial charge in [-0.2, -0.15) is 0 Å².